The van der Waals surface area contributed by atoms with Gasteiger partial charge < -0.3 is 5.73 Å². The fourth-order valence-electron chi connectivity index (χ4n) is 1.96. The van der Waals surface area contributed by atoms with E-state index in [4.69, 9.17) is 28.9 Å². The molecule has 3 rings (SSSR count). The van der Waals surface area contributed by atoms with E-state index in [1.54, 1.807) is 47.1 Å². The van der Waals surface area contributed by atoms with Crippen molar-refractivity contribution in [2.24, 2.45) is 0 Å². The molecule has 0 aliphatic rings. The zero-order valence-corrected chi connectivity index (χ0v) is 12.2. The SMILES string of the molecule is Nc1ccc(-n2[nH]c(=O)nc2-c2ccc(Cl)c(Cl)c2)cc1. The van der Waals surface area contributed by atoms with Gasteiger partial charge in [0.25, 0.3) is 0 Å². The van der Waals surface area contributed by atoms with Crippen LogP contribution in [-0.4, -0.2) is 14.8 Å². The smallest absolute Gasteiger partial charge is 0.362 e. The topological polar surface area (TPSA) is 76.7 Å². The van der Waals surface area contributed by atoms with Crippen LogP contribution in [0.3, 0.4) is 0 Å². The average Bonchev–Trinajstić information content (AvgIpc) is 2.85. The molecule has 21 heavy (non-hydrogen) atoms. The predicted molar refractivity (Wildman–Crippen MR) is 84.1 cm³/mol. The van der Waals surface area contributed by atoms with Crippen LogP contribution in [0.15, 0.2) is 47.3 Å². The second-order valence-electron chi connectivity index (χ2n) is 4.41. The number of H-pyrrole nitrogens is 1. The quantitative estimate of drug-likeness (QED) is 0.712. The molecule has 3 N–H and O–H groups in total. The lowest BCUT2D eigenvalue weighted by Gasteiger charge is -2.08. The highest BCUT2D eigenvalue weighted by molar-refractivity contribution is 6.42. The van der Waals surface area contributed by atoms with Gasteiger partial charge in [-0.3, -0.25) is 0 Å². The van der Waals surface area contributed by atoms with Crippen LogP contribution in [0.4, 0.5) is 5.69 Å². The number of hydrogen-bond acceptors (Lipinski definition) is 3. The number of nitrogens with one attached hydrogen (secondary N) is 1. The fraction of sp³-hybridized carbons (Fsp3) is 0. The maximum Gasteiger partial charge on any atom is 0.362 e. The zero-order valence-electron chi connectivity index (χ0n) is 10.7. The minimum absolute atomic E-state index is 0.397. The van der Waals surface area contributed by atoms with E-state index in [9.17, 15) is 4.79 Å². The van der Waals surface area contributed by atoms with E-state index in [2.05, 4.69) is 10.1 Å². The zero-order chi connectivity index (χ0) is 15.0. The number of benzene rings is 2. The second kappa shape index (κ2) is 5.27. The Hall–Kier alpha value is -2.24. The lowest BCUT2D eigenvalue weighted by atomic mass is 10.2. The van der Waals surface area contributed by atoms with Gasteiger partial charge >= 0.3 is 5.69 Å². The monoisotopic (exact) mass is 320 g/mol. The van der Waals surface area contributed by atoms with Gasteiger partial charge in [-0.15, -0.1) is 0 Å². The van der Waals surface area contributed by atoms with E-state index >= 15 is 0 Å². The largest absolute Gasteiger partial charge is 0.399 e. The van der Waals surface area contributed by atoms with Crippen molar-refractivity contribution in [2.45, 2.75) is 0 Å². The Balaban J connectivity index is 2.17. The van der Waals surface area contributed by atoms with Gasteiger partial charge in [0.1, 0.15) is 0 Å². The summed E-state index contributed by atoms with van der Waals surface area (Å²) >= 11 is 11.9. The molecular weight excluding hydrogens is 311 g/mol. The lowest BCUT2D eigenvalue weighted by Crippen LogP contribution is -2.05. The van der Waals surface area contributed by atoms with Crippen LogP contribution >= 0.6 is 23.2 Å². The molecule has 106 valence electrons. The van der Waals surface area contributed by atoms with Crippen LogP contribution in [-0.2, 0) is 0 Å². The first-order valence-electron chi connectivity index (χ1n) is 6.05. The summed E-state index contributed by atoms with van der Waals surface area (Å²) in [7, 11) is 0. The maximum absolute atomic E-state index is 11.6. The minimum Gasteiger partial charge on any atom is -0.399 e. The molecule has 1 aromatic heterocycles. The number of nitrogens with zero attached hydrogens (tertiary/aromatic N) is 2. The standard InChI is InChI=1S/C14H10Cl2N4O/c15-11-6-1-8(7-12(11)16)13-18-14(21)19-20(13)10-4-2-9(17)3-5-10/h1-7H,17H2,(H,19,21). The van der Waals surface area contributed by atoms with Crippen LogP contribution in [0.5, 0.6) is 0 Å². The van der Waals surface area contributed by atoms with Gasteiger partial charge in [-0.2, -0.15) is 4.98 Å². The van der Waals surface area contributed by atoms with E-state index in [-0.39, 0.29) is 0 Å². The molecule has 0 spiro atoms. The molecule has 7 heteroatoms. The van der Waals surface area contributed by atoms with Crippen molar-refractivity contribution in [2.75, 3.05) is 5.73 Å². The van der Waals surface area contributed by atoms with Crippen molar-refractivity contribution >= 4 is 28.9 Å². The van der Waals surface area contributed by atoms with Gasteiger partial charge in [-0.25, -0.2) is 14.6 Å². The van der Waals surface area contributed by atoms with E-state index in [1.807, 2.05) is 0 Å². The summed E-state index contributed by atoms with van der Waals surface area (Å²) in [5.74, 6) is 0.448. The Morgan fingerprint density at radius 1 is 1.05 bits per heavy atom. The normalized spacial score (nSPS) is 10.8. The van der Waals surface area contributed by atoms with E-state index in [0.717, 1.165) is 5.69 Å². The van der Waals surface area contributed by atoms with Crippen LogP contribution in [0.2, 0.25) is 10.0 Å². The number of anilines is 1. The number of hydrogen-bond donors (Lipinski definition) is 2. The molecule has 0 atom stereocenters. The third-order valence-corrected chi connectivity index (χ3v) is 3.69. The minimum atomic E-state index is -0.451. The summed E-state index contributed by atoms with van der Waals surface area (Å²) in [5.41, 5.74) is 7.27. The second-order valence-corrected chi connectivity index (χ2v) is 5.22. The predicted octanol–water partition coefficient (Wildman–Crippen LogP) is 3.12. The molecule has 0 radical (unpaired) electrons. The Kier molecular flexibility index (Phi) is 3.45. The van der Waals surface area contributed by atoms with Gasteiger partial charge in [-0.1, -0.05) is 23.2 Å². The van der Waals surface area contributed by atoms with Gasteiger partial charge in [0.2, 0.25) is 0 Å². The molecule has 0 amide bonds. The molecular formula is C14H10Cl2N4O. The molecule has 3 aromatic rings. The Morgan fingerprint density at radius 3 is 2.43 bits per heavy atom. The third kappa shape index (κ3) is 2.66. The first-order chi connectivity index (χ1) is 10.0. The van der Waals surface area contributed by atoms with Crippen LogP contribution < -0.4 is 11.4 Å². The summed E-state index contributed by atoms with van der Waals surface area (Å²) < 4.78 is 1.57. The van der Waals surface area contributed by atoms with Crippen molar-refractivity contribution in [3.8, 4) is 17.1 Å². The van der Waals surface area contributed by atoms with Crippen LogP contribution in [0.25, 0.3) is 17.1 Å². The number of halogens is 2. The van der Waals surface area contributed by atoms with Gasteiger partial charge in [0.05, 0.1) is 15.7 Å². The summed E-state index contributed by atoms with van der Waals surface area (Å²) in [6, 6.07) is 12.1. The number of aromatic nitrogens is 3. The van der Waals surface area contributed by atoms with E-state index in [0.29, 0.717) is 27.1 Å². The first-order valence-corrected chi connectivity index (χ1v) is 6.80. The third-order valence-electron chi connectivity index (χ3n) is 2.96. The number of aromatic amines is 1. The van der Waals surface area contributed by atoms with E-state index < -0.39 is 5.69 Å². The Bertz CT molecular complexity index is 852. The van der Waals surface area contributed by atoms with Gasteiger partial charge in [-0.05, 0) is 42.5 Å². The Labute approximate surface area is 129 Å². The van der Waals surface area contributed by atoms with Gasteiger partial charge in [0.15, 0.2) is 5.82 Å². The Morgan fingerprint density at radius 2 is 1.76 bits per heavy atom. The van der Waals surface area contributed by atoms with Crippen molar-refractivity contribution < 1.29 is 0 Å². The van der Waals surface area contributed by atoms with Gasteiger partial charge in [0, 0.05) is 11.3 Å². The molecule has 0 unspecified atom stereocenters. The summed E-state index contributed by atoms with van der Waals surface area (Å²) in [4.78, 5) is 15.6. The fourth-order valence-corrected chi connectivity index (χ4v) is 2.26. The molecule has 0 aliphatic heterocycles. The highest BCUT2D eigenvalue weighted by Crippen LogP contribution is 2.28. The van der Waals surface area contributed by atoms with Crippen LogP contribution in [0, 0.1) is 0 Å². The molecule has 0 fully saturated rings. The lowest BCUT2D eigenvalue weighted by molar-refractivity contribution is 0.871. The van der Waals surface area contributed by atoms with Crippen LogP contribution in [0.1, 0.15) is 0 Å². The van der Waals surface area contributed by atoms with Crippen molar-refractivity contribution in [1.29, 1.82) is 0 Å². The number of nitrogens with two attached hydrogens (primary N) is 1. The first kappa shape index (κ1) is 13.7. The highest BCUT2D eigenvalue weighted by atomic mass is 35.5. The molecule has 2 aromatic carbocycles. The van der Waals surface area contributed by atoms with E-state index in [1.165, 1.54) is 0 Å². The average molecular weight is 321 g/mol. The molecule has 5 nitrogen and oxygen atoms in total. The number of rotatable bonds is 2. The van der Waals surface area contributed by atoms with Crippen molar-refractivity contribution in [3.63, 3.8) is 0 Å². The summed E-state index contributed by atoms with van der Waals surface area (Å²) in [6.45, 7) is 0. The van der Waals surface area contributed by atoms with Crippen molar-refractivity contribution in [1.82, 2.24) is 14.8 Å². The molecule has 0 saturated heterocycles. The molecule has 1 heterocycles. The molecule has 0 saturated carbocycles. The number of nitrogen functional groups attached to an aromatic ring is 1. The molecule has 0 bridgehead atoms. The summed E-state index contributed by atoms with van der Waals surface area (Å²) in [6.07, 6.45) is 0. The van der Waals surface area contributed by atoms with Crippen molar-refractivity contribution in [3.05, 3.63) is 63.0 Å². The molecule has 0 aliphatic carbocycles. The summed E-state index contributed by atoms with van der Waals surface area (Å²) in [5, 5.41) is 3.48. The highest BCUT2D eigenvalue weighted by Gasteiger charge is 2.12. The maximum atomic E-state index is 11.6.